The van der Waals surface area contributed by atoms with Gasteiger partial charge in [-0.3, -0.25) is 0 Å². The lowest BCUT2D eigenvalue weighted by Crippen LogP contribution is -2.03. The lowest BCUT2D eigenvalue weighted by atomic mass is 10.1. The van der Waals surface area contributed by atoms with E-state index in [-0.39, 0.29) is 25.8 Å². The molecule has 0 fully saturated rings. The molecule has 1 N–H and O–H groups in total. The van der Waals surface area contributed by atoms with Crippen molar-refractivity contribution < 1.29 is 8.78 Å². The van der Waals surface area contributed by atoms with Gasteiger partial charge in [0.05, 0.1) is 25.8 Å². The van der Waals surface area contributed by atoms with E-state index < -0.39 is 11.6 Å². The number of rotatable bonds is 3. The fourth-order valence-electron chi connectivity index (χ4n) is 1.68. The normalized spacial score (nSPS) is 10.7. The second kappa shape index (κ2) is 6.24. The Kier molecular flexibility index (Phi) is 4.83. The minimum absolute atomic E-state index is 0.00307. The van der Waals surface area contributed by atoms with E-state index in [0.29, 0.717) is 12.4 Å². The summed E-state index contributed by atoms with van der Waals surface area (Å²) in [6, 6.07) is 3.83. The highest BCUT2D eigenvalue weighted by Gasteiger charge is 2.20. The maximum atomic E-state index is 14.1. The zero-order valence-corrected chi connectivity index (χ0v) is 13.4. The summed E-state index contributed by atoms with van der Waals surface area (Å²) in [7, 11) is 0. The standard InChI is InChI=1S/C13H9BrCl2F2N2/c1-2-19-13-8(16)5-7(15)12(20-13)10-9(17)4-3-6(14)11(10)18/h3-5H,2H2,1H3,(H,19,20). The number of hydrogen-bond acceptors (Lipinski definition) is 2. The van der Waals surface area contributed by atoms with Crippen LogP contribution in [0.1, 0.15) is 6.92 Å². The molecule has 2 nitrogen and oxygen atoms in total. The molecule has 2 aromatic rings. The van der Waals surface area contributed by atoms with Crippen LogP contribution in [0.3, 0.4) is 0 Å². The molecule has 1 aromatic carbocycles. The minimum Gasteiger partial charge on any atom is -0.369 e. The van der Waals surface area contributed by atoms with Crippen LogP contribution in [-0.2, 0) is 0 Å². The molecule has 2 rings (SSSR count). The number of halogens is 5. The van der Waals surface area contributed by atoms with Crippen LogP contribution in [0, 0.1) is 11.6 Å². The molecule has 0 bridgehead atoms. The Labute approximate surface area is 133 Å². The van der Waals surface area contributed by atoms with Gasteiger partial charge in [0.15, 0.2) is 0 Å². The van der Waals surface area contributed by atoms with Gasteiger partial charge in [-0.1, -0.05) is 23.2 Å². The molecule has 1 heterocycles. The maximum Gasteiger partial charge on any atom is 0.149 e. The molecule has 0 aliphatic heterocycles. The van der Waals surface area contributed by atoms with E-state index in [4.69, 9.17) is 23.2 Å². The quantitative estimate of drug-likeness (QED) is 0.707. The molecule has 0 saturated heterocycles. The predicted molar refractivity (Wildman–Crippen MR) is 81.5 cm³/mol. The fraction of sp³-hybridized carbons (Fsp3) is 0.154. The molecule has 0 unspecified atom stereocenters. The number of aromatic nitrogens is 1. The topological polar surface area (TPSA) is 24.9 Å². The van der Waals surface area contributed by atoms with E-state index in [0.717, 1.165) is 6.07 Å². The molecule has 106 valence electrons. The average Bonchev–Trinajstić information content (AvgIpc) is 2.39. The molecule has 0 aliphatic rings. The van der Waals surface area contributed by atoms with Gasteiger partial charge in [0, 0.05) is 6.54 Å². The van der Waals surface area contributed by atoms with Crippen molar-refractivity contribution in [2.24, 2.45) is 0 Å². The Hall–Kier alpha value is -0.910. The van der Waals surface area contributed by atoms with Crippen LogP contribution >= 0.6 is 39.1 Å². The van der Waals surface area contributed by atoms with E-state index in [1.54, 1.807) is 0 Å². The van der Waals surface area contributed by atoms with Crippen molar-refractivity contribution in [1.82, 2.24) is 4.98 Å². The van der Waals surface area contributed by atoms with Gasteiger partial charge in [-0.15, -0.1) is 0 Å². The van der Waals surface area contributed by atoms with Gasteiger partial charge in [0.2, 0.25) is 0 Å². The lowest BCUT2D eigenvalue weighted by Gasteiger charge is -2.12. The Morgan fingerprint density at radius 2 is 1.95 bits per heavy atom. The number of nitrogens with one attached hydrogen (secondary N) is 1. The van der Waals surface area contributed by atoms with Gasteiger partial charge >= 0.3 is 0 Å². The molecule has 0 spiro atoms. The third kappa shape index (κ3) is 2.90. The Morgan fingerprint density at radius 3 is 2.60 bits per heavy atom. The van der Waals surface area contributed by atoms with E-state index in [1.807, 2.05) is 6.92 Å². The fourth-order valence-corrected chi connectivity index (χ4v) is 2.53. The molecule has 0 aliphatic carbocycles. The van der Waals surface area contributed by atoms with Crippen molar-refractivity contribution in [3.05, 3.63) is 44.4 Å². The molecule has 0 radical (unpaired) electrons. The maximum absolute atomic E-state index is 14.1. The summed E-state index contributed by atoms with van der Waals surface area (Å²) in [6.45, 7) is 2.42. The highest BCUT2D eigenvalue weighted by atomic mass is 79.9. The predicted octanol–water partition coefficient (Wildman–Crippen LogP) is 5.53. The monoisotopic (exact) mass is 380 g/mol. The van der Waals surface area contributed by atoms with Gasteiger partial charge in [-0.2, -0.15) is 0 Å². The highest BCUT2D eigenvalue weighted by molar-refractivity contribution is 9.10. The van der Waals surface area contributed by atoms with Gasteiger partial charge < -0.3 is 5.32 Å². The highest BCUT2D eigenvalue weighted by Crippen LogP contribution is 2.36. The largest absolute Gasteiger partial charge is 0.369 e. The summed E-state index contributed by atoms with van der Waals surface area (Å²) in [6.07, 6.45) is 0. The summed E-state index contributed by atoms with van der Waals surface area (Å²) < 4.78 is 28.1. The molecule has 20 heavy (non-hydrogen) atoms. The first-order chi connectivity index (χ1) is 9.45. The molecule has 0 atom stereocenters. The van der Waals surface area contributed by atoms with Crippen molar-refractivity contribution in [1.29, 1.82) is 0 Å². The van der Waals surface area contributed by atoms with Crippen LogP contribution in [0.4, 0.5) is 14.6 Å². The summed E-state index contributed by atoms with van der Waals surface area (Å²) in [5, 5.41) is 3.27. The first kappa shape index (κ1) is 15.5. The Morgan fingerprint density at radius 1 is 1.25 bits per heavy atom. The smallest absolute Gasteiger partial charge is 0.149 e. The first-order valence-corrected chi connectivity index (χ1v) is 7.24. The zero-order chi connectivity index (χ0) is 14.9. The Bertz CT molecular complexity index is 665. The second-order valence-corrected chi connectivity index (χ2v) is 5.57. The summed E-state index contributed by atoms with van der Waals surface area (Å²) in [4.78, 5) is 4.12. The minimum atomic E-state index is -0.760. The first-order valence-electron chi connectivity index (χ1n) is 5.69. The van der Waals surface area contributed by atoms with Crippen molar-refractivity contribution in [3.63, 3.8) is 0 Å². The third-order valence-corrected chi connectivity index (χ3v) is 3.74. The lowest BCUT2D eigenvalue weighted by molar-refractivity contribution is 0.584. The summed E-state index contributed by atoms with van der Waals surface area (Å²) >= 11 is 15.0. The molecular formula is C13H9BrCl2F2N2. The van der Waals surface area contributed by atoms with Crippen LogP contribution < -0.4 is 5.32 Å². The number of pyridine rings is 1. The zero-order valence-electron chi connectivity index (χ0n) is 10.3. The van der Waals surface area contributed by atoms with Crippen molar-refractivity contribution >= 4 is 44.9 Å². The molecular weight excluding hydrogens is 373 g/mol. The average molecular weight is 382 g/mol. The molecule has 0 saturated carbocycles. The third-order valence-electron chi connectivity index (χ3n) is 2.55. The van der Waals surface area contributed by atoms with E-state index in [9.17, 15) is 8.78 Å². The van der Waals surface area contributed by atoms with Gasteiger partial charge in [-0.05, 0) is 41.1 Å². The molecule has 1 aromatic heterocycles. The van der Waals surface area contributed by atoms with Crippen LogP contribution in [0.5, 0.6) is 0 Å². The van der Waals surface area contributed by atoms with Crippen LogP contribution in [0.15, 0.2) is 22.7 Å². The van der Waals surface area contributed by atoms with Crippen LogP contribution in [-0.4, -0.2) is 11.5 Å². The van der Waals surface area contributed by atoms with Crippen molar-refractivity contribution in [2.75, 3.05) is 11.9 Å². The van der Waals surface area contributed by atoms with E-state index >= 15 is 0 Å². The van der Waals surface area contributed by atoms with E-state index in [2.05, 4.69) is 26.2 Å². The summed E-state index contributed by atoms with van der Waals surface area (Å²) in [5.74, 6) is -1.18. The molecule has 0 amide bonds. The van der Waals surface area contributed by atoms with Crippen molar-refractivity contribution in [2.45, 2.75) is 6.92 Å². The van der Waals surface area contributed by atoms with Crippen LogP contribution in [0.25, 0.3) is 11.3 Å². The van der Waals surface area contributed by atoms with E-state index in [1.165, 1.54) is 12.1 Å². The van der Waals surface area contributed by atoms with Gasteiger partial charge in [0.25, 0.3) is 0 Å². The van der Waals surface area contributed by atoms with Crippen molar-refractivity contribution in [3.8, 4) is 11.3 Å². The molecule has 7 heteroatoms. The van der Waals surface area contributed by atoms with Crippen LogP contribution in [0.2, 0.25) is 10.0 Å². The Balaban J connectivity index is 2.70. The van der Waals surface area contributed by atoms with Gasteiger partial charge in [0.1, 0.15) is 17.5 Å². The number of anilines is 1. The number of nitrogens with zero attached hydrogens (tertiary/aromatic N) is 1. The SMILES string of the molecule is CCNc1nc(-c2c(F)ccc(Br)c2F)c(Cl)cc1Cl. The summed E-state index contributed by atoms with van der Waals surface area (Å²) in [5.41, 5.74) is -0.288. The number of benzene rings is 1. The second-order valence-electron chi connectivity index (χ2n) is 3.90. The number of hydrogen-bond donors (Lipinski definition) is 1. The van der Waals surface area contributed by atoms with Gasteiger partial charge in [-0.25, -0.2) is 13.8 Å².